The smallest absolute Gasteiger partial charge is 0.257 e. The Morgan fingerprint density at radius 3 is 3.05 bits per heavy atom. The number of aromatic nitrogens is 1. The van der Waals surface area contributed by atoms with Crippen LogP contribution in [-0.2, 0) is 11.2 Å². The number of nitrogens with zero attached hydrogens (tertiary/aromatic N) is 1. The average Bonchev–Trinajstić information content (AvgIpc) is 2.82. The number of carbonyl (C=O) groups is 1. The van der Waals surface area contributed by atoms with Gasteiger partial charge in [0.1, 0.15) is 11.6 Å². The zero-order chi connectivity index (χ0) is 14.4. The van der Waals surface area contributed by atoms with Gasteiger partial charge in [0.15, 0.2) is 6.61 Å². The lowest BCUT2D eigenvalue weighted by molar-refractivity contribution is -0.123. The molecule has 20 heavy (non-hydrogen) atoms. The summed E-state index contributed by atoms with van der Waals surface area (Å²) in [5, 5.41) is 3.76. The molecule has 2 rings (SSSR count). The summed E-state index contributed by atoms with van der Waals surface area (Å²) in [5.74, 6) is -0.266. The second-order valence-corrected chi connectivity index (χ2v) is 5.51. The van der Waals surface area contributed by atoms with E-state index >= 15 is 0 Å². The van der Waals surface area contributed by atoms with Gasteiger partial charge in [0.05, 0.1) is 5.01 Å². The highest BCUT2D eigenvalue weighted by molar-refractivity contribution is 7.11. The summed E-state index contributed by atoms with van der Waals surface area (Å²) in [7, 11) is 0. The van der Waals surface area contributed by atoms with Crippen LogP contribution in [0.5, 0.6) is 5.75 Å². The SMILES string of the molecule is Cc1ncc(CCNC(=O)COc2cccc(F)c2)s1. The summed E-state index contributed by atoms with van der Waals surface area (Å²) in [6.07, 6.45) is 2.56. The third-order valence-electron chi connectivity index (χ3n) is 2.53. The van der Waals surface area contributed by atoms with Gasteiger partial charge < -0.3 is 10.1 Å². The molecule has 1 aromatic carbocycles. The number of nitrogens with one attached hydrogen (secondary N) is 1. The maximum absolute atomic E-state index is 12.9. The zero-order valence-electron chi connectivity index (χ0n) is 11.1. The molecular weight excluding hydrogens is 279 g/mol. The van der Waals surface area contributed by atoms with Crippen LogP contribution in [0.15, 0.2) is 30.5 Å². The van der Waals surface area contributed by atoms with E-state index in [0.717, 1.165) is 16.3 Å². The molecule has 0 aliphatic carbocycles. The maximum Gasteiger partial charge on any atom is 0.257 e. The molecule has 0 atom stereocenters. The quantitative estimate of drug-likeness (QED) is 0.889. The standard InChI is InChI=1S/C14H15FN2O2S/c1-10-17-8-13(20-10)5-6-16-14(18)9-19-12-4-2-3-11(15)7-12/h2-4,7-8H,5-6,9H2,1H3,(H,16,18). The van der Waals surface area contributed by atoms with E-state index in [-0.39, 0.29) is 18.3 Å². The van der Waals surface area contributed by atoms with Crippen LogP contribution in [-0.4, -0.2) is 24.0 Å². The van der Waals surface area contributed by atoms with Gasteiger partial charge in [-0.25, -0.2) is 9.37 Å². The Morgan fingerprint density at radius 2 is 2.35 bits per heavy atom. The van der Waals surface area contributed by atoms with Crippen molar-refractivity contribution in [1.29, 1.82) is 0 Å². The van der Waals surface area contributed by atoms with Crippen LogP contribution in [0.4, 0.5) is 4.39 Å². The number of amides is 1. The summed E-state index contributed by atoms with van der Waals surface area (Å²) in [5.41, 5.74) is 0. The van der Waals surface area contributed by atoms with Crippen LogP contribution in [0.3, 0.4) is 0 Å². The van der Waals surface area contributed by atoms with Gasteiger partial charge in [-0.2, -0.15) is 0 Å². The van der Waals surface area contributed by atoms with E-state index in [9.17, 15) is 9.18 Å². The fourth-order valence-corrected chi connectivity index (χ4v) is 2.40. The van der Waals surface area contributed by atoms with Crippen molar-refractivity contribution in [2.24, 2.45) is 0 Å². The van der Waals surface area contributed by atoms with Gasteiger partial charge in [0.2, 0.25) is 0 Å². The summed E-state index contributed by atoms with van der Waals surface area (Å²) in [6.45, 7) is 2.36. The molecule has 1 N–H and O–H groups in total. The molecule has 0 saturated heterocycles. The van der Waals surface area contributed by atoms with Crippen molar-refractivity contribution < 1.29 is 13.9 Å². The van der Waals surface area contributed by atoms with Gasteiger partial charge in [-0.15, -0.1) is 11.3 Å². The summed E-state index contributed by atoms with van der Waals surface area (Å²) in [6, 6.07) is 5.71. The number of hydrogen-bond acceptors (Lipinski definition) is 4. The molecule has 0 unspecified atom stereocenters. The van der Waals surface area contributed by atoms with Crippen molar-refractivity contribution in [3.8, 4) is 5.75 Å². The molecule has 0 bridgehead atoms. The topological polar surface area (TPSA) is 51.2 Å². The molecule has 0 radical (unpaired) electrons. The van der Waals surface area contributed by atoms with E-state index in [2.05, 4.69) is 10.3 Å². The number of ether oxygens (including phenoxy) is 1. The Balaban J connectivity index is 1.68. The first-order chi connectivity index (χ1) is 9.63. The highest BCUT2D eigenvalue weighted by Crippen LogP contribution is 2.12. The van der Waals surface area contributed by atoms with Crippen molar-refractivity contribution >= 4 is 17.2 Å². The van der Waals surface area contributed by atoms with Crippen LogP contribution < -0.4 is 10.1 Å². The van der Waals surface area contributed by atoms with E-state index in [4.69, 9.17) is 4.74 Å². The Bertz CT molecular complexity index is 586. The number of aryl methyl sites for hydroxylation is 1. The number of rotatable bonds is 6. The van der Waals surface area contributed by atoms with Crippen molar-refractivity contribution in [3.63, 3.8) is 0 Å². The largest absolute Gasteiger partial charge is 0.484 e. The molecule has 1 aromatic heterocycles. The number of carbonyl (C=O) groups excluding carboxylic acids is 1. The Morgan fingerprint density at radius 1 is 1.50 bits per heavy atom. The molecule has 0 spiro atoms. The van der Waals surface area contributed by atoms with Crippen LogP contribution in [0.1, 0.15) is 9.88 Å². The van der Waals surface area contributed by atoms with Gasteiger partial charge in [-0.05, 0) is 19.1 Å². The van der Waals surface area contributed by atoms with Crippen LogP contribution in [0.2, 0.25) is 0 Å². The second-order valence-electron chi connectivity index (χ2n) is 4.19. The first-order valence-electron chi connectivity index (χ1n) is 6.20. The Kier molecular flexibility index (Phi) is 5.06. The van der Waals surface area contributed by atoms with Gasteiger partial charge in [-0.3, -0.25) is 4.79 Å². The van der Waals surface area contributed by atoms with Crippen LogP contribution >= 0.6 is 11.3 Å². The molecule has 0 fully saturated rings. The molecular formula is C14H15FN2O2S. The number of benzene rings is 1. The number of thiazole rings is 1. The summed E-state index contributed by atoms with van der Waals surface area (Å²) < 4.78 is 18.1. The fourth-order valence-electron chi connectivity index (χ4n) is 1.60. The minimum atomic E-state index is -0.386. The Labute approximate surface area is 120 Å². The lowest BCUT2D eigenvalue weighted by atomic mass is 10.3. The minimum absolute atomic E-state index is 0.120. The summed E-state index contributed by atoms with van der Waals surface area (Å²) in [4.78, 5) is 16.8. The predicted molar refractivity (Wildman–Crippen MR) is 75.5 cm³/mol. The number of hydrogen-bond donors (Lipinski definition) is 1. The first-order valence-corrected chi connectivity index (χ1v) is 7.01. The lowest BCUT2D eigenvalue weighted by Gasteiger charge is -2.06. The van der Waals surface area contributed by atoms with Gasteiger partial charge >= 0.3 is 0 Å². The van der Waals surface area contributed by atoms with Gasteiger partial charge in [-0.1, -0.05) is 6.07 Å². The molecule has 6 heteroatoms. The van der Waals surface area contributed by atoms with Gasteiger partial charge in [0.25, 0.3) is 5.91 Å². The summed E-state index contributed by atoms with van der Waals surface area (Å²) >= 11 is 1.62. The third-order valence-corrected chi connectivity index (χ3v) is 3.50. The normalized spacial score (nSPS) is 10.3. The van der Waals surface area contributed by atoms with Crippen molar-refractivity contribution in [2.75, 3.05) is 13.2 Å². The van der Waals surface area contributed by atoms with E-state index in [1.54, 1.807) is 17.4 Å². The van der Waals surface area contributed by atoms with E-state index in [1.807, 2.05) is 13.1 Å². The van der Waals surface area contributed by atoms with E-state index < -0.39 is 0 Å². The molecule has 1 amide bonds. The monoisotopic (exact) mass is 294 g/mol. The molecule has 0 aliphatic heterocycles. The molecule has 106 valence electrons. The molecule has 1 heterocycles. The predicted octanol–water partition coefficient (Wildman–Crippen LogP) is 2.33. The highest BCUT2D eigenvalue weighted by Gasteiger charge is 2.04. The second kappa shape index (κ2) is 7.00. The molecule has 2 aromatic rings. The lowest BCUT2D eigenvalue weighted by Crippen LogP contribution is -2.30. The number of halogens is 1. The highest BCUT2D eigenvalue weighted by atomic mass is 32.1. The minimum Gasteiger partial charge on any atom is -0.484 e. The van der Waals surface area contributed by atoms with E-state index in [0.29, 0.717) is 12.3 Å². The van der Waals surface area contributed by atoms with Gasteiger partial charge in [0, 0.05) is 30.1 Å². The molecule has 4 nitrogen and oxygen atoms in total. The van der Waals surface area contributed by atoms with E-state index in [1.165, 1.54) is 18.2 Å². The average molecular weight is 294 g/mol. The maximum atomic E-state index is 12.9. The third kappa shape index (κ3) is 4.62. The van der Waals surface area contributed by atoms with Crippen LogP contribution in [0, 0.1) is 12.7 Å². The fraction of sp³-hybridized carbons (Fsp3) is 0.286. The van der Waals surface area contributed by atoms with Crippen molar-refractivity contribution in [1.82, 2.24) is 10.3 Å². The van der Waals surface area contributed by atoms with Crippen molar-refractivity contribution in [2.45, 2.75) is 13.3 Å². The first kappa shape index (κ1) is 14.5. The molecule has 0 aliphatic rings. The van der Waals surface area contributed by atoms with Crippen LogP contribution in [0.25, 0.3) is 0 Å². The molecule has 0 saturated carbocycles. The zero-order valence-corrected chi connectivity index (χ0v) is 11.9. The Hall–Kier alpha value is -1.95. The van der Waals surface area contributed by atoms with Crippen molar-refractivity contribution in [3.05, 3.63) is 46.2 Å².